The fraction of sp³-hybridized carbons (Fsp3) is 0.500. The van der Waals surface area contributed by atoms with E-state index in [1.165, 1.54) is 23.9 Å². The average Bonchev–Trinajstić information content (AvgIpc) is 3.18. The fourth-order valence-electron chi connectivity index (χ4n) is 2.93. The summed E-state index contributed by atoms with van der Waals surface area (Å²) in [4.78, 5) is 52.0. The third-order valence-corrected chi connectivity index (χ3v) is 8.12. The van der Waals surface area contributed by atoms with Gasteiger partial charge in [0.25, 0.3) is 5.56 Å². The van der Waals surface area contributed by atoms with Crippen LogP contribution >= 0.6 is 23.5 Å². The molecule has 3 heterocycles. The van der Waals surface area contributed by atoms with E-state index in [-0.39, 0.29) is 23.4 Å². The van der Waals surface area contributed by atoms with E-state index in [4.69, 9.17) is 25.2 Å². The van der Waals surface area contributed by atoms with E-state index in [0.29, 0.717) is 0 Å². The normalized spacial score (nSPS) is 25.6. The van der Waals surface area contributed by atoms with Crippen molar-refractivity contribution in [3.8, 4) is 0 Å². The molecule has 0 bridgehead atoms. The molecule has 7 N–H and O–H groups in total. The van der Waals surface area contributed by atoms with Crippen molar-refractivity contribution < 1.29 is 56.3 Å². The second kappa shape index (κ2) is 8.72. The Hall–Kier alpha value is -1.45. The van der Waals surface area contributed by atoms with Crippen LogP contribution in [-0.2, 0) is 38.6 Å². The lowest BCUT2D eigenvalue weighted by Crippen LogP contribution is -2.26. The zero-order valence-corrected chi connectivity index (χ0v) is 18.7. The molecule has 1 fully saturated rings. The van der Waals surface area contributed by atoms with Crippen molar-refractivity contribution in [2.45, 2.75) is 24.9 Å². The molecule has 3 rings (SSSR count). The highest BCUT2D eigenvalue weighted by Crippen LogP contribution is 2.66. The fourth-order valence-corrected chi connectivity index (χ4v) is 5.96. The molecule has 32 heavy (non-hydrogen) atoms. The molecular weight excluding hydrogens is 501 g/mol. The minimum atomic E-state index is -5.67. The molecule has 0 aromatic carbocycles. The number of rotatable bonds is 8. The highest BCUT2D eigenvalue weighted by atomic mass is 31.3. The predicted molar refractivity (Wildman–Crippen MR) is 104 cm³/mol. The van der Waals surface area contributed by atoms with Gasteiger partial charge in [0, 0.05) is 19.7 Å². The number of nitrogens with zero attached hydrogens (tertiary/aromatic N) is 3. The molecule has 0 spiro atoms. The number of fused-ring (bicyclic) bond motifs is 1. The maximum absolute atomic E-state index is 12.3. The summed E-state index contributed by atoms with van der Waals surface area (Å²) in [5, 5.41) is 10.4. The van der Waals surface area contributed by atoms with Gasteiger partial charge in [-0.25, -0.2) is 13.7 Å². The molecule has 17 nitrogen and oxygen atoms in total. The van der Waals surface area contributed by atoms with E-state index >= 15 is 0 Å². The topological polar surface area (TPSA) is 255 Å². The van der Waals surface area contributed by atoms with Gasteiger partial charge in [-0.3, -0.25) is 13.9 Å². The van der Waals surface area contributed by atoms with Crippen LogP contribution in [0.5, 0.6) is 0 Å². The van der Waals surface area contributed by atoms with Gasteiger partial charge in [-0.1, -0.05) is 0 Å². The third-order valence-electron chi connectivity index (χ3n) is 4.32. The lowest BCUT2D eigenvalue weighted by atomic mass is 10.2. The van der Waals surface area contributed by atoms with E-state index in [1.54, 1.807) is 0 Å². The lowest BCUT2D eigenvalue weighted by molar-refractivity contribution is -0.0421. The van der Waals surface area contributed by atoms with Crippen LogP contribution in [0.3, 0.4) is 0 Å². The Kier molecular flexibility index (Phi) is 6.86. The van der Waals surface area contributed by atoms with Crippen LogP contribution in [0.25, 0.3) is 11.0 Å². The van der Waals surface area contributed by atoms with Gasteiger partial charge in [-0.2, -0.15) is 13.6 Å². The molecule has 2 aromatic heterocycles. The standard InChI is InChI=1S/C12H19N4O13P3/c1-15-11(18)6-2-3-16(10(6)14-12(15)13)9-4-7(17)8(27-9)5-26-31(22,23)29-32(24,25)28-30(19,20)21/h2-3,7-9,17H,4-5H2,1H3,(H2,13,14)(H,22,23)(H,24,25)(H2,19,20,21). The molecule has 2 aromatic rings. The van der Waals surface area contributed by atoms with Crippen molar-refractivity contribution in [3.63, 3.8) is 0 Å². The molecule has 1 saturated heterocycles. The van der Waals surface area contributed by atoms with Gasteiger partial charge in [0.2, 0.25) is 5.95 Å². The van der Waals surface area contributed by atoms with Gasteiger partial charge in [-0.15, -0.1) is 0 Å². The Balaban J connectivity index is 1.69. The number of aliphatic hydroxyl groups is 1. The number of aliphatic hydroxyl groups excluding tert-OH is 1. The Morgan fingerprint density at radius 2 is 1.88 bits per heavy atom. The molecule has 0 aliphatic carbocycles. The van der Waals surface area contributed by atoms with Crippen LogP contribution in [0.15, 0.2) is 17.1 Å². The largest absolute Gasteiger partial charge is 0.490 e. The van der Waals surface area contributed by atoms with Gasteiger partial charge in [0.1, 0.15) is 12.3 Å². The molecule has 180 valence electrons. The van der Waals surface area contributed by atoms with E-state index in [9.17, 15) is 28.5 Å². The molecule has 1 aliphatic rings. The third kappa shape index (κ3) is 5.72. The number of nitrogen functional groups attached to an aromatic ring is 1. The molecule has 20 heteroatoms. The lowest BCUT2D eigenvalue weighted by Gasteiger charge is -2.19. The molecular formula is C12H19N4O13P3. The molecule has 5 unspecified atom stereocenters. The summed E-state index contributed by atoms with van der Waals surface area (Å²) in [5.41, 5.74) is 5.47. The summed E-state index contributed by atoms with van der Waals surface area (Å²) in [6.07, 6.45) is -1.93. The number of hydrogen-bond donors (Lipinski definition) is 6. The van der Waals surface area contributed by atoms with E-state index in [1.807, 2.05) is 0 Å². The monoisotopic (exact) mass is 520 g/mol. The number of hydrogen-bond acceptors (Lipinski definition) is 11. The number of ether oxygens (including phenoxy) is 1. The SMILES string of the molecule is Cn1c(N)nc2c(ccn2C2CC(O)C(COP(=O)(O)OP(=O)(O)OP(=O)(O)O)O2)c1=O. The Morgan fingerprint density at radius 3 is 2.50 bits per heavy atom. The summed E-state index contributed by atoms with van der Waals surface area (Å²) in [6, 6.07) is 1.47. The van der Waals surface area contributed by atoms with Crippen LogP contribution in [0.1, 0.15) is 12.6 Å². The van der Waals surface area contributed by atoms with Crippen molar-refractivity contribution in [2.75, 3.05) is 12.3 Å². The van der Waals surface area contributed by atoms with Crippen LogP contribution in [0.4, 0.5) is 5.95 Å². The number of phosphoric ester groups is 1. The number of aromatic nitrogens is 3. The van der Waals surface area contributed by atoms with E-state index in [2.05, 4.69) is 18.1 Å². The Bertz CT molecular complexity index is 1220. The summed E-state index contributed by atoms with van der Waals surface area (Å²) >= 11 is 0. The average molecular weight is 520 g/mol. The van der Waals surface area contributed by atoms with Gasteiger partial charge >= 0.3 is 23.5 Å². The Morgan fingerprint density at radius 1 is 1.22 bits per heavy atom. The zero-order chi connectivity index (χ0) is 24.1. The minimum absolute atomic E-state index is 0.0506. The van der Waals surface area contributed by atoms with E-state index < -0.39 is 54.1 Å². The number of nitrogens with two attached hydrogens (primary N) is 1. The van der Waals surface area contributed by atoms with Gasteiger partial charge < -0.3 is 39.7 Å². The van der Waals surface area contributed by atoms with Crippen molar-refractivity contribution in [3.05, 3.63) is 22.6 Å². The van der Waals surface area contributed by atoms with E-state index in [0.717, 1.165) is 4.57 Å². The smallest absolute Gasteiger partial charge is 0.390 e. The van der Waals surface area contributed by atoms with Gasteiger partial charge in [0.15, 0.2) is 5.65 Å². The minimum Gasteiger partial charge on any atom is -0.390 e. The van der Waals surface area contributed by atoms with Crippen LogP contribution in [0.2, 0.25) is 0 Å². The zero-order valence-electron chi connectivity index (χ0n) is 16.1. The summed E-state index contributed by atoms with van der Waals surface area (Å²) in [5.74, 6) is -0.0646. The first-order chi connectivity index (χ1) is 14.6. The first-order valence-electron chi connectivity index (χ1n) is 8.53. The maximum atomic E-state index is 12.3. The van der Waals surface area contributed by atoms with Crippen LogP contribution in [-0.4, -0.2) is 57.6 Å². The second-order valence-electron chi connectivity index (χ2n) is 6.61. The highest BCUT2D eigenvalue weighted by molar-refractivity contribution is 7.66. The quantitative estimate of drug-likeness (QED) is 0.235. The molecule has 1 aliphatic heterocycles. The van der Waals surface area contributed by atoms with Gasteiger partial charge in [0.05, 0.1) is 18.1 Å². The highest BCUT2D eigenvalue weighted by Gasteiger charge is 2.43. The van der Waals surface area contributed by atoms with Crippen molar-refractivity contribution in [1.29, 1.82) is 0 Å². The van der Waals surface area contributed by atoms with Crippen molar-refractivity contribution >= 4 is 40.4 Å². The van der Waals surface area contributed by atoms with Gasteiger partial charge in [-0.05, 0) is 6.07 Å². The number of anilines is 1. The Labute approximate surface area is 178 Å². The summed E-state index contributed by atoms with van der Waals surface area (Å²) in [7, 11) is -15.1. The molecule has 0 radical (unpaired) electrons. The molecule has 0 amide bonds. The first kappa shape index (κ1) is 25.2. The molecule has 0 saturated carbocycles. The maximum Gasteiger partial charge on any atom is 0.490 e. The van der Waals surface area contributed by atoms with Crippen LogP contribution < -0.4 is 11.3 Å². The summed E-state index contributed by atoms with van der Waals surface area (Å²) in [6.45, 7) is -0.822. The van der Waals surface area contributed by atoms with Crippen molar-refractivity contribution in [2.24, 2.45) is 7.05 Å². The molecule has 5 atom stereocenters. The predicted octanol–water partition coefficient (Wildman–Crippen LogP) is -0.691. The summed E-state index contributed by atoms with van der Waals surface area (Å²) < 4.78 is 53.6. The first-order valence-corrected chi connectivity index (χ1v) is 13.1. The van der Waals surface area contributed by atoms with Crippen molar-refractivity contribution in [1.82, 2.24) is 14.1 Å². The number of phosphoric acid groups is 3. The van der Waals surface area contributed by atoms with Crippen LogP contribution in [0, 0.1) is 0 Å². The second-order valence-corrected chi connectivity index (χ2v) is 11.0.